The molecule has 0 saturated carbocycles. The Morgan fingerprint density at radius 1 is 1.32 bits per heavy atom. The molecule has 2 N–H and O–H groups in total. The summed E-state index contributed by atoms with van der Waals surface area (Å²) in [6, 6.07) is 8.76. The number of nitrogens with one attached hydrogen (secondary N) is 2. The largest absolute Gasteiger partial charge is 0.467 e. The molecule has 0 bridgehead atoms. The number of halogens is 2. The number of hydrogen-bond donors (Lipinski definition) is 2. The number of esters is 1. The Bertz CT molecular complexity index is 916. The predicted octanol–water partition coefficient (Wildman–Crippen LogP) is 4.27. The van der Waals surface area contributed by atoms with Crippen LogP contribution >= 0.6 is 43.2 Å². The summed E-state index contributed by atoms with van der Waals surface area (Å²) in [7, 11) is 1.31. The SMILES string of the molecule is COC(=O)C(Cc1c[nH]c2ccccc12)NC(=O)c1cc(Br)c(Br)s1. The van der Waals surface area contributed by atoms with Gasteiger partial charge >= 0.3 is 5.97 Å². The van der Waals surface area contributed by atoms with E-state index in [0.717, 1.165) is 24.7 Å². The van der Waals surface area contributed by atoms with E-state index in [2.05, 4.69) is 42.2 Å². The number of carbonyl (C=O) groups is 2. The number of hydrogen-bond acceptors (Lipinski definition) is 4. The maximum atomic E-state index is 12.5. The van der Waals surface area contributed by atoms with E-state index in [-0.39, 0.29) is 5.91 Å². The molecule has 2 aromatic heterocycles. The molecule has 0 aliphatic heterocycles. The number of carbonyl (C=O) groups excluding carboxylic acids is 2. The van der Waals surface area contributed by atoms with Crippen molar-refractivity contribution in [2.45, 2.75) is 12.5 Å². The van der Waals surface area contributed by atoms with E-state index < -0.39 is 12.0 Å². The number of fused-ring (bicyclic) bond motifs is 1. The first-order chi connectivity index (χ1) is 12.0. The van der Waals surface area contributed by atoms with Crippen molar-refractivity contribution in [1.82, 2.24) is 10.3 Å². The van der Waals surface area contributed by atoms with E-state index >= 15 is 0 Å². The van der Waals surface area contributed by atoms with E-state index in [4.69, 9.17) is 4.74 Å². The number of aromatic nitrogens is 1. The number of benzene rings is 1. The average molecular weight is 486 g/mol. The Balaban J connectivity index is 1.82. The van der Waals surface area contributed by atoms with Crippen molar-refractivity contribution < 1.29 is 14.3 Å². The van der Waals surface area contributed by atoms with E-state index in [1.54, 1.807) is 6.07 Å². The molecule has 1 amide bonds. The smallest absolute Gasteiger partial charge is 0.328 e. The molecule has 1 atom stereocenters. The third-order valence-corrected chi connectivity index (χ3v) is 7.01. The van der Waals surface area contributed by atoms with Gasteiger partial charge in [0.1, 0.15) is 6.04 Å². The Morgan fingerprint density at radius 2 is 2.08 bits per heavy atom. The minimum atomic E-state index is -0.767. The fourth-order valence-corrected chi connectivity index (χ4v) is 4.48. The van der Waals surface area contributed by atoms with Crippen LogP contribution in [-0.2, 0) is 16.0 Å². The van der Waals surface area contributed by atoms with Gasteiger partial charge in [-0.3, -0.25) is 4.79 Å². The van der Waals surface area contributed by atoms with E-state index in [1.165, 1.54) is 18.4 Å². The number of aromatic amines is 1. The molecule has 5 nitrogen and oxygen atoms in total. The summed E-state index contributed by atoms with van der Waals surface area (Å²) >= 11 is 8.02. The molecule has 0 saturated heterocycles. The Labute approximate surface area is 165 Å². The van der Waals surface area contributed by atoms with E-state index in [1.807, 2.05) is 30.5 Å². The minimum absolute atomic E-state index is 0.313. The van der Waals surface area contributed by atoms with Gasteiger partial charge in [-0.15, -0.1) is 11.3 Å². The van der Waals surface area contributed by atoms with Gasteiger partial charge in [0.25, 0.3) is 5.91 Å². The van der Waals surface area contributed by atoms with Crippen LogP contribution in [0.25, 0.3) is 10.9 Å². The van der Waals surface area contributed by atoms with Crippen molar-refractivity contribution >= 4 is 66.0 Å². The third kappa shape index (κ3) is 3.96. The molecule has 3 rings (SSSR count). The molecule has 1 aromatic carbocycles. The van der Waals surface area contributed by atoms with Crippen molar-refractivity contribution in [3.05, 3.63) is 55.2 Å². The Hall–Kier alpha value is -1.64. The minimum Gasteiger partial charge on any atom is -0.467 e. The van der Waals surface area contributed by atoms with Gasteiger partial charge < -0.3 is 15.0 Å². The highest BCUT2D eigenvalue weighted by molar-refractivity contribution is 9.13. The fourth-order valence-electron chi connectivity index (χ4n) is 2.54. The highest BCUT2D eigenvalue weighted by Crippen LogP contribution is 2.32. The van der Waals surface area contributed by atoms with Crippen LogP contribution < -0.4 is 5.32 Å². The second kappa shape index (κ2) is 7.72. The summed E-state index contributed by atoms with van der Waals surface area (Å²) in [4.78, 5) is 28.3. The number of H-pyrrole nitrogens is 1. The number of amides is 1. The lowest BCUT2D eigenvalue weighted by molar-refractivity contribution is -0.142. The van der Waals surface area contributed by atoms with Crippen molar-refractivity contribution in [3.63, 3.8) is 0 Å². The van der Waals surface area contributed by atoms with Gasteiger partial charge in [0, 0.05) is 28.0 Å². The molecule has 0 spiro atoms. The summed E-state index contributed by atoms with van der Waals surface area (Å²) in [6.45, 7) is 0. The molecule has 1 unspecified atom stereocenters. The summed E-state index contributed by atoms with van der Waals surface area (Å²) in [5.74, 6) is -0.792. The van der Waals surface area contributed by atoms with Crippen molar-refractivity contribution in [3.8, 4) is 0 Å². The van der Waals surface area contributed by atoms with Gasteiger partial charge in [0.05, 0.1) is 15.8 Å². The monoisotopic (exact) mass is 484 g/mol. The Morgan fingerprint density at radius 3 is 2.76 bits per heavy atom. The summed E-state index contributed by atoms with van der Waals surface area (Å²) < 4.78 is 6.48. The molecule has 0 fully saturated rings. The standard InChI is InChI=1S/C17H14Br2N2O3S/c1-24-17(23)13(21-16(22)14-7-11(18)15(19)25-14)6-9-8-20-12-5-3-2-4-10(9)12/h2-5,7-8,13,20H,6H2,1H3,(H,21,22). The molecule has 0 aliphatic rings. The van der Waals surface area contributed by atoms with Crippen molar-refractivity contribution in [2.24, 2.45) is 0 Å². The molecule has 25 heavy (non-hydrogen) atoms. The molecular formula is C17H14Br2N2O3S. The summed E-state index contributed by atoms with van der Waals surface area (Å²) in [5, 5.41) is 3.79. The van der Waals surface area contributed by atoms with Gasteiger partial charge in [0.15, 0.2) is 0 Å². The maximum absolute atomic E-state index is 12.5. The van der Waals surface area contributed by atoms with Gasteiger partial charge in [-0.1, -0.05) is 18.2 Å². The van der Waals surface area contributed by atoms with Crippen LogP contribution in [0.5, 0.6) is 0 Å². The highest BCUT2D eigenvalue weighted by Gasteiger charge is 2.25. The van der Waals surface area contributed by atoms with E-state index in [9.17, 15) is 9.59 Å². The van der Waals surface area contributed by atoms with Crippen molar-refractivity contribution in [1.29, 1.82) is 0 Å². The molecule has 2 heterocycles. The van der Waals surface area contributed by atoms with Crippen LogP contribution in [0.4, 0.5) is 0 Å². The summed E-state index contributed by atoms with van der Waals surface area (Å²) in [5.41, 5.74) is 1.93. The average Bonchev–Trinajstić information content (AvgIpc) is 3.17. The Kier molecular flexibility index (Phi) is 5.61. The van der Waals surface area contributed by atoms with E-state index in [0.29, 0.717) is 11.3 Å². The lowest BCUT2D eigenvalue weighted by atomic mass is 10.0. The van der Waals surface area contributed by atoms with Crippen molar-refractivity contribution in [2.75, 3.05) is 7.11 Å². The van der Waals surface area contributed by atoms with Crippen LogP contribution in [0.3, 0.4) is 0 Å². The number of methoxy groups -OCH3 is 1. The second-order valence-electron chi connectivity index (χ2n) is 5.35. The molecule has 130 valence electrons. The predicted molar refractivity (Wildman–Crippen MR) is 105 cm³/mol. The first kappa shape index (κ1) is 18.2. The molecule has 8 heteroatoms. The van der Waals surface area contributed by atoms with Gasteiger partial charge in [-0.2, -0.15) is 0 Å². The zero-order chi connectivity index (χ0) is 18.0. The van der Waals surface area contributed by atoms with Crippen LogP contribution in [0.15, 0.2) is 44.8 Å². The molecule has 0 aliphatic carbocycles. The van der Waals surface area contributed by atoms with Crippen LogP contribution in [0.2, 0.25) is 0 Å². The fraction of sp³-hybridized carbons (Fsp3) is 0.176. The maximum Gasteiger partial charge on any atom is 0.328 e. The normalized spacial score (nSPS) is 12.1. The molecular weight excluding hydrogens is 472 g/mol. The molecule has 0 radical (unpaired) electrons. The number of thiophene rings is 1. The topological polar surface area (TPSA) is 71.2 Å². The second-order valence-corrected chi connectivity index (χ2v) is 8.57. The van der Waals surface area contributed by atoms with Crippen LogP contribution in [0, 0.1) is 0 Å². The zero-order valence-corrected chi connectivity index (χ0v) is 17.1. The quantitative estimate of drug-likeness (QED) is 0.530. The number of rotatable bonds is 5. The third-order valence-electron chi connectivity index (χ3n) is 3.76. The number of ether oxygens (including phenoxy) is 1. The highest BCUT2D eigenvalue weighted by atomic mass is 79.9. The summed E-state index contributed by atoms with van der Waals surface area (Å²) in [6.07, 6.45) is 2.20. The first-order valence-corrected chi connectivity index (χ1v) is 9.78. The van der Waals surface area contributed by atoms with Crippen LogP contribution in [-0.4, -0.2) is 30.0 Å². The van der Waals surface area contributed by atoms with Gasteiger partial charge in [0.2, 0.25) is 0 Å². The zero-order valence-electron chi connectivity index (χ0n) is 13.1. The van der Waals surface area contributed by atoms with Crippen LogP contribution in [0.1, 0.15) is 15.2 Å². The first-order valence-electron chi connectivity index (χ1n) is 7.38. The number of para-hydroxylation sites is 1. The lowest BCUT2D eigenvalue weighted by Crippen LogP contribution is -2.42. The lowest BCUT2D eigenvalue weighted by Gasteiger charge is -2.15. The van der Waals surface area contributed by atoms with Gasteiger partial charge in [-0.25, -0.2) is 4.79 Å². The van der Waals surface area contributed by atoms with Gasteiger partial charge in [-0.05, 0) is 49.6 Å². The molecule has 3 aromatic rings.